The Kier molecular flexibility index (Phi) is 18.2. The summed E-state index contributed by atoms with van der Waals surface area (Å²) in [6, 6.07) is 0. The zero-order valence-corrected chi connectivity index (χ0v) is 9.59. The Balaban J connectivity index is 0. The van der Waals surface area contributed by atoms with Gasteiger partial charge in [0.1, 0.15) is 0 Å². The molecule has 0 aromatic heterocycles. The summed E-state index contributed by atoms with van der Waals surface area (Å²) < 4.78 is -0.750. The summed E-state index contributed by atoms with van der Waals surface area (Å²) in [5, 5.41) is 0. The van der Waals surface area contributed by atoms with Crippen molar-refractivity contribution in [1.29, 1.82) is 0 Å². The van der Waals surface area contributed by atoms with Gasteiger partial charge in [-0.05, 0) is 0 Å². The second kappa shape index (κ2) is 10.1. The van der Waals surface area contributed by atoms with Crippen LogP contribution < -0.4 is 0 Å². The van der Waals surface area contributed by atoms with Crippen LogP contribution in [-0.2, 0) is 0 Å². The fraction of sp³-hybridized carbons (Fsp3) is 1.00. The standard InChI is InChI=1S/CHCl3.Bi.S.H/c2-1(3)4;;;/h1H;;;. The molecule has 0 heterocycles. The number of hydrogen-bond donors (Lipinski definition) is 0. The third-order valence-corrected chi connectivity index (χ3v) is 0. The average Bonchev–Trinajstić information content (AvgIpc) is 1.41. The molecule has 0 aliphatic heterocycles. The molecule has 38 valence electrons. The fourth-order valence-corrected chi connectivity index (χ4v) is 0. The molecule has 0 aromatic rings. The monoisotopic (exact) mass is 360 g/mol. The third kappa shape index (κ3) is 37.9. The number of hydrogen-bond acceptors (Lipinski definition) is 1. The molecule has 0 radical (unpaired) electrons. The maximum absolute atomic E-state index is 4.81. The minimum absolute atomic E-state index is 0.750. The van der Waals surface area contributed by atoms with Gasteiger partial charge in [-0.25, -0.2) is 0 Å². The molecule has 0 atom stereocenters. The first kappa shape index (κ1) is 10.9. The molecule has 6 heavy (non-hydrogen) atoms. The van der Waals surface area contributed by atoms with Crippen LogP contribution in [0.3, 0.4) is 0 Å². The molecule has 0 N–H and O–H groups in total. The van der Waals surface area contributed by atoms with E-state index < -0.39 is 4.30 Å². The van der Waals surface area contributed by atoms with Gasteiger partial charge >= 0.3 is 31.5 Å². The first-order chi connectivity index (χ1) is 2.73. The average molecular weight is 361 g/mol. The van der Waals surface area contributed by atoms with Crippen LogP contribution in [-0.4, -0.2) is 27.0 Å². The first-order valence-corrected chi connectivity index (χ1v) is 7.34. The van der Waals surface area contributed by atoms with Gasteiger partial charge in [0, 0.05) is 0 Å². The van der Waals surface area contributed by atoms with E-state index in [-0.39, 0.29) is 0 Å². The second-order valence-corrected chi connectivity index (χ2v) is 2.23. The molecular weight excluding hydrogens is 359 g/mol. The molecule has 0 saturated heterocycles. The molecule has 0 spiro atoms. The zero-order valence-electron chi connectivity index (χ0n) is 2.62. The molecule has 0 amide bonds. The molecular formula is CH2BiCl3S. The molecule has 0 aliphatic rings. The Morgan fingerprint density at radius 1 is 1.17 bits per heavy atom. The molecule has 0 unspecified atom stereocenters. The summed E-state index contributed by atoms with van der Waals surface area (Å²) in [5.74, 6) is 0. The Morgan fingerprint density at radius 2 is 1.17 bits per heavy atom. The molecule has 0 bridgehead atoms. The van der Waals surface area contributed by atoms with Crippen LogP contribution in [0, 0.1) is 0 Å². The van der Waals surface area contributed by atoms with Gasteiger partial charge < -0.3 is 0 Å². The minimum atomic E-state index is -0.750. The van der Waals surface area contributed by atoms with Gasteiger partial charge in [0.15, 0.2) is 4.30 Å². The molecule has 0 rings (SSSR count). The van der Waals surface area contributed by atoms with Gasteiger partial charge in [-0.2, -0.15) is 0 Å². The van der Waals surface area contributed by atoms with Crippen molar-refractivity contribution in [1.82, 2.24) is 0 Å². The van der Waals surface area contributed by atoms with Crippen molar-refractivity contribution in [2.24, 2.45) is 0 Å². The van der Waals surface area contributed by atoms with E-state index in [0.717, 1.165) is 22.7 Å². The topological polar surface area (TPSA) is 0 Å². The Hall–Kier alpha value is 1.97. The summed E-state index contributed by atoms with van der Waals surface area (Å²) in [5.41, 5.74) is 0. The predicted octanol–water partition coefficient (Wildman–Crippen LogP) is 1.99. The van der Waals surface area contributed by atoms with E-state index in [4.69, 9.17) is 34.8 Å². The van der Waals surface area contributed by atoms with Crippen LogP contribution in [0.25, 0.3) is 0 Å². The van der Waals surface area contributed by atoms with E-state index in [2.05, 4.69) is 8.86 Å². The SMILES string of the molecule is ClC(Cl)Cl.[S]=[BiH]. The molecule has 0 aliphatic carbocycles. The predicted molar refractivity (Wildman–Crippen MR) is 36.1 cm³/mol. The van der Waals surface area contributed by atoms with Gasteiger partial charge in [-0.1, -0.05) is 34.8 Å². The Morgan fingerprint density at radius 3 is 1.17 bits per heavy atom. The number of halogens is 3. The number of alkyl halides is 3. The molecule has 5 heteroatoms. The Bertz CT molecular complexity index is 22.0. The van der Waals surface area contributed by atoms with Crippen LogP contribution in [0.15, 0.2) is 0 Å². The first-order valence-electron chi connectivity index (χ1n) is 0.859. The molecule has 0 saturated carbocycles. The van der Waals surface area contributed by atoms with Crippen LogP contribution in [0.2, 0.25) is 0 Å². The van der Waals surface area contributed by atoms with Crippen molar-refractivity contribution in [3.8, 4) is 0 Å². The summed E-state index contributed by atoms with van der Waals surface area (Å²) in [6.07, 6.45) is 0. The van der Waals surface area contributed by atoms with E-state index in [1.165, 1.54) is 0 Å². The van der Waals surface area contributed by atoms with Gasteiger partial charge in [0.2, 0.25) is 0 Å². The van der Waals surface area contributed by atoms with E-state index in [1.54, 1.807) is 0 Å². The molecule has 0 aromatic carbocycles. The summed E-state index contributed by atoms with van der Waals surface area (Å²) in [7, 11) is 4.22. The van der Waals surface area contributed by atoms with Gasteiger partial charge in [-0.3, -0.25) is 0 Å². The van der Waals surface area contributed by atoms with Crippen molar-refractivity contribution < 1.29 is 0 Å². The van der Waals surface area contributed by atoms with Crippen LogP contribution in [0.1, 0.15) is 0 Å². The quantitative estimate of drug-likeness (QED) is 0.470. The third-order valence-electron chi connectivity index (χ3n) is 0. The maximum atomic E-state index is 4.81. The zero-order chi connectivity index (χ0) is 5.58. The second-order valence-electron chi connectivity index (χ2n) is 0.247. The van der Waals surface area contributed by atoms with Crippen molar-refractivity contribution in [2.45, 2.75) is 4.30 Å². The normalized spacial score (nSPS) is 6.67. The van der Waals surface area contributed by atoms with Crippen molar-refractivity contribution >= 4 is 66.3 Å². The van der Waals surface area contributed by atoms with Gasteiger partial charge in [-0.15, -0.1) is 0 Å². The Labute approximate surface area is 69.9 Å². The van der Waals surface area contributed by atoms with E-state index in [0.29, 0.717) is 0 Å². The van der Waals surface area contributed by atoms with Crippen LogP contribution >= 0.6 is 43.7 Å². The van der Waals surface area contributed by atoms with Gasteiger partial charge in [0.25, 0.3) is 0 Å². The van der Waals surface area contributed by atoms with Crippen molar-refractivity contribution in [2.75, 3.05) is 0 Å². The van der Waals surface area contributed by atoms with E-state index in [1.807, 2.05) is 0 Å². The van der Waals surface area contributed by atoms with Crippen molar-refractivity contribution in [3.05, 3.63) is 0 Å². The number of rotatable bonds is 0. The fourth-order valence-electron chi connectivity index (χ4n) is 0. The van der Waals surface area contributed by atoms with E-state index in [9.17, 15) is 0 Å². The van der Waals surface area contributed by atoms with Gasteiger partial charge in [0.05, 0.1) is 0 Å². The summed E-state index contributed by atoms with van der Waals surface area (Å²) in [4.78, 5) is 0. The van der Waals surface area contributed by atoms with Crippen LogP contribution in [0.5, 0.6) is 0 Å². The van der Waals surface area contributed by atoms with Crippen molar-refractivity contribution in [3.63, 3.8) is 0 Å². The van der Waals surface area contributed by atoms with E-state index >= 15 is 0 Å². The summed E-state index contributed by atoms with van der Waals surface area (Å²) >= 11 is 15.3. The van der Waals surface area contributed by atoms with Crippen LogP contribution in [0.4, 0.5) is 0 Å². The molecule has 0 fully saturated rings. The molecule has 0 nitrogen and oxygen atoms in total. The summed E-state index contributed by atoms with van der Waals surface area (Å²) in [6.45, 7) is 0.